The van der Waals surface area contributed by atoms with Crippen LogP contribution in [0.3, 0.4) is 0 Å². The van der Waals surface area contributed by atoms with Crippen molar-refractivity contribution in [1.82, 2.24) is 15.0 Å². The minimum absolute atomic E-state index is 0.287. The first-order chi connectivity index (χ1) is 13.5. The van der Waals surface area contributed by atoms with Crippen LogP contribution in [0.4, 0.5) is 4.39 Å². The Labute approximate surface area is 158 Å². The number of aromatic nitrogens is 3. The maximum absolute atomic E-state index is 13.8. The van der Waals surface area contributed by atoms with E-state index in [9.17, 15) is 19.1 Å². The highest BCUT2D eigenvalue weighted by Crippen LogP contribution is 2.33. The lowest BCUT2D eigenvalue weighted by molar-refractivity contribution is 0.0692. The van der Waals surface area contributed by atoms with E-state index in [1.807, 2.05) is 30.3 Å². The quantitative estimate of drug-likeness (QED) is 0.503. The van der Waals surface area contributed by atoms with Gasteiger partial charge in [-0.05, 0) is 24.3 Å². The highest BCUT2D eigenvalue weighted by molar-refractivity contribution is 5.91. The molecular formula is C21H14FN3O3. The first kappa shape index (κ1) is 17.4. The summed E-state index contributed by atoms with van der Waals surface area (Å²) in [6.45, 7) is 0. The van der Waals surface area contributed by atoms with E-state index < -0.39 is 17.3 Å². The van der Waals surface area contributed by atoms with Gasteiger partial charge in [-0.2, -0.15) is 0 Å². The number of hydrogen-bond acceptors (Lipinski definition) is 3. The largest absolute Gasteiger partial charge is 0.478 e. The number of pyridine rings is 1. The number of imidazole rings is 1. The topological polar surface area (TPSA) is 98.8 Å². The third-order valence-electron chi connectivity index (χ3n) is 4.28. The molecule has 7 heteroatoms. The highest BCUT2D eigenvalue weighted by atomic mass is 19.1. The molecule has 2 aromatic heterocycles. The molecule has 0 aliphatic heterocycles. The van der Waals surface area contributed by atoms with E-state index in [2.05, 4.69) is 15.0 Å². The van der Waals surface area contributed by atoms with Gasteiger partial charge in [-0.3, -0.25) is 4.79 Å². The van der Waals surface area contributed by atoms with Crippen LogP contribution in [0.15, 0.2) is 71.7 Å². The first-order valence-corrected chi connectivity index (χ1v) is 8.40. The molecule has 138 valence electrons. The van der Waals surface area contributed by atoms with E-state index in [0.29, 0.717) is 28.3 Å². The van der Waals surface area contributed by atoms with Gasteiger partial charge >= 0.3 is 5.97 Å². The third-order valence-corrected chi connectivity index (χ3v) is 4.28. The summed E-state index contributed by atoms with van der Waals surface area (Å²) in [6.07, 6.45) is 1.51. The van der Waals surface area contributed by atoms with Crippen LogP contribution >= 0.6 is 0 Å². The molecule has 28 heavy (non-hydrogen) atoms. The van der Waals surface area contributed by atoms with Gasteiger partial charge in [0.1, 0.15) is 11.6 Å². The van der Waals surface area contributed by atoms with E-state index in [0.717, 1.165) is 11.6 Å². The maximum atomic E-state index is 13.8. The first-order valence-electron chi connectivity index (χ1n) is 8.40. The van der Waals surface area contributed by atoms with Crippen molar-refractivity contribution in [3.05, 3.63) is 88.6 Å². The van der Waals surface area contributed by atoms with E-state index in [4.69, 9.17) is 0 Å². The monoisotopic (exact) mass is 375 g/mol. The van der Waals surface area contributed by atoms with Crippen molar-refractivity contribution in [3.8, 4) is 33.9 Å². The van der Waals surface area contributed by atoms with Gasteiger partial charge in [0.25, 0.3) is 0 Å². The molecule has 6 nitrogen and oxygen atoms in total. The Kier molecular flexibility index (Phi) is 4.33. The Morgan fingerprint density at radius 3 is 2.46 bits per heavy atom. The van der Waals surface area contributed by atoms with Crippen molar-refractivity contribution in [2.45, 2.75) is 0 Å². The number of halogens is 1. The number of hydrogen-bond donors (Lipinski definition) is 3. The summed E-state index contributed by atoms with van der Waals surface area (Å²) >= 11 is 0. The molecule has 2 aromatic carbocycles. The van der Waals surface area contributed by atoms with Gasteiger partial charge in [0, 0.05) is 29.0 Å². The van der Waals surface area contributed by atoms with E-state index in [-0.39, 0.29) is 5.56 Å². The zero-order chi connectivity index (χ0) is 19.7. The van der Waals surface area contributed by atoms with Gasteiger partial charge in [0.2, 0.25) is 5.56 Å². The second-order valence-electron chi connectivity index (χ2n) is 6.12. The molecule has 0 fully saturated rings. The van der Waals surface area contributed by atoms with Crippen molar-refractivity contribution in [1.29, 1.82) is 0 Å². The highest BCUT2D eigenvalue weighted by Gasteiger charge is 2.18. The predicted molar refractivity (Wildman–Crippen MR) is 102 cm³/mol. The molecule has 4 aromatic rings. The van der Waals surface area contributed by atoms with Gasteiger partial charge in [0.15, 0.2) is 0 Å². The number of rotatable bonds is 4. The van der Waals surface area contributed by atoms with Crippen LogP contribution in [0.2, 0.25) is 0 Å². The van der Waals surface area contributed by atoms with E-state index in [1.54, 1.807) is 6.07 Å². The smallest absolute Gasteiger partial charge is 0.338 e. The molecule has 0 saturated carbocycles. The van der Waals surface area contributed by atoms with Crippen molar-refractivity contribution in [2.24, 2.45) is 0 Å². The summed E-state index contributed by atoms with van der Waals surface area (Å²) in [5, 5.41) is 9.23. The Hall–Kier alpha value is -4.00. The minimum Gasteiger partial charge on any atom is -0.478 e. The lowest BCUT2D eigenvalue weighted by Gasteiger charge is -2.05. The van der Waals surface area contributed by atoms with Crippen LogP contribution in [-0.4, -0.2) is 26.0 Å². The van der Waals surface area contributed by atoms with Gasteiger partial charge < -0.3 is 15.1 Å². The Morgan fingerprint density at radius 2 is 1.75 bits per heavy atom. The lowest BCUT2D eigenvalue weighted by atomic mass is 10.0. The average Bonchev–Trinajstić information content (AvgIpc) is 3.14. The molecule has 0 atom stereocenters. The molecule has 2 heterocycles. The standard InChI is InChI=1S/C21H14FN3O3/c22-16-7-6-13(10-15(16)21(27)28)18-19(14-8-9-23-17(26)11-14)25-20(24-18)12-4-2-1-3-5-12/h1-11H,(H,23,26)(H,24,25)(H,27,28). The van der Waals surface area contributed by atoms with Crippen molar-refractivity contribution in [2.75, 3.05) is 0 Å². The van der Waals surface area contributed by atoms with Gasteiger partial charge in [-0.15, -0.1) is 0 Å². The number of carbonyl (C=O) groups is 1. The van der Waals surface area contributed by atoms with E-state index in [1.165, 1.54) is 24.4 Å². The van der Waals surface area contributed by atoms with Crippen LogP contribution in [-0.2, 0) is 0 Å². The fourth-order valence-electron chi connectivity index (χ4n) is 2.96. The minimum atomic E-state index is -1.36. The SMILES string of the molecule is O=C(O)c1cc(-c2nc(-c3ccccc3)[nH]c2-c2cc[nH]c(=O)c2)ccc1F. The van der Waals surface area contributed by atoms with Crippen LogP contribution < -0.4 is 5.56 Å². The molecule has 0 radical (unpaired) electrons. The van der Waals surface area contributed by atoms with Crippen LogP contribution in [0, 0.1) is 5.82 Å². The lowest BCUT2D eigenvalue weighted by Crippen LogP contribution is -2.03. The molecule has 0 spiro atoms. The zero-order valence-electron chi connectivity index (χ0n) is 14.4. The molecule has 0 unspecified atom stereocenters. The maximum Gasteiger partial charge on any atom is 0.338 e. The molecule has 4 rings (SSSR count). The molecule has 0 aliphatic rings. The van der Waals surface area contributed by atoms with Crippen molar-refractivity contribution in [3.63, 3.8) is 0 Å². The number of carboxylic acids is 1. The second kappa shape index (κ2) is 6.96. The fraction of sp³-hybridized carbons (Fsp3) is 0. The van der Waals surface area contributed by atoms with Gasteiger partial charge in [-0.1, -0.05) is 30.3 Å². The Morgan fingerprint density at radius 1 is 0.964 bits per heavy atom. The third kappa shape index (κ3) is 3.21. The molecule has 0 saturated heterocycles. The van der Waals surface area contributed by atoms with Crippen LogP contribution in [0.5, 0.6) is 0 Å². The summed E-state index contributed by atoms with van der Waals surface area (Å²) < 4.78 is 13.8. The summed E-state index contributed by atoms with van der Waals surface area (Å²) in [6, 6.07) is 16.3. The average molecular weight is 375 g/mol. The molecule has 0 amide bonds. The molecule has 3 N–H and O–H groups in total. The summed E-state index contributed by atoms with van der Waals surface area (Å²) in [4.78, 5) is 33.4. The second-order valence-corrected chi connectivity index (χ2v) is 6.12. The summed E-state index contributed by atoms with van der Waals surface area (Å²) in [7, 11) is 0. The number of nitrogens with one attached hydrogen (secondary N) is 2. The summed E-state index contributed by atoms with van der Waals surface area (Å²) in [5.41, 5.74) is 2.05. The number of H-pyrrole nitrogens is 2. The van der Waals surface area contributed by atoms with E-state index >= 15 is 0 Å². The van der Waals surface area contributed by atoms with Gasteiger partial charge in [-0.25, -0.2) is 14.2 Å². The van der Waals surface area contributed by atoms with Crippen molar-refractivity contribution >= 4 is 5.97 Å². The number of aromatic amines is 2. The van der Waals surface area contributed by atoms with Crippen LogP contribution in [0.1, 0.15) is 10.4 Å². The van der Waals surface area contributed by atoms with Crippen LogP contribution in [0.25, 0.3) is 33.9 Å². The molecular weight excluding hydrogens is 361 g/mol. The predicted octanol–water partition coefficient (Wildman–Crippen LogP) is 3.94. The fourth-order valence-corrected chi connectivity index (χ4v) is 2.96. The molecule has 0 aliphatic carbocycles. The Balaban J connectivity index is 1.95. The molecule has 0 bridgehead atoms. The normalized spacial score (nSPS) is 10.8. The number of carboxylic acid groups (broad SMARTS) is 1. The van der Waals surface area contributed by atoms with Crippen molar-refractivity contribution < 1.29 is 14.3 Å². The Bertz CT molecular complexity index is 1230. The number of nitrogens with zero attached hydrogens (tertiary/aromatic N) is 1. The number of benzene rings is 2. The van der Waals surface area contributed by atoms with Gasteiger partial charge in [0.05, 0.1) is 17.0 Å². The zero-order valence-corrected chi connectivity index (χ0v) is 14.4. The summed E-state index contributed by atoms with van der Waals surface area (Å²) in [5.74, 6) is -1.64. The number of aromatic carboxylic acids is 1.